The van der Waals surface area contributed by atoms with Crippen molar-refractivity contribution in [1.82, 2.24) is 20.1 Å². The zero-order valence-electron chi connectivity index (χ0n) is 21.1. The van der Waals surface area contributed by atoms with E-state index in [2.05, 4.69) is 52.1 Å². The van der Waals surface area contributed by atoms with Crippen LogP contribution in [-0.4, -0.2) is 65.4 Å². The molecule has 1 fully saturated rings. The first-order valence-electron chi connectivity index (χ1n) is 12.5. The van der Waals surface area contributed by atoms with Crippen LogP contribution in [0.4, 0.5) is 5.69 Å². The van der Waals surface area contributed by atoms with Crippen molar-refractivity contribution >= 4 is 22.5 Å². The molecule has 1 atom stereocenters. The topological polar surface area (TPSA) is 77.2 Å². The van der Waals surface area contributed by atoms with Crippen molar-refractivity contribution in [3.8, 4) is 11.4 Å². The van der Waals surface area contributed by atoms with Crippen LogP contribution in [-0.2, 0) is 22.4 Å². The average molecular weight is 464 g/mol. The van der Waals surface area contributed by atoms with E-state index in [1.165, 1.54) is 17.7 Å². The zero-order valence-corrected chi connectivity index (χ0v) is 21.1. The van der Waals surface area contributed by atoms with Gasteiger partial charge in [-0.1, -0.05) is 19.9 Å². The Kier molecular flexibility index (Phi) is 6.02. The van der Waals surface area contributed by atoms with Gasteiger partial charge in [0.2, 0.25) is 5.91 Å². The first-order valence-corrected chi connectivity index (χ1v) is 12.5. The summed E-state index contributed by atoms with van der Waals surface area (Å²) in [5.74, 6) is 0.117. The first-order chi connectivity index (χ1) is 16.3. The van der Waals surface area contributed by atoms with Crippen molar-refractivity contribution in [2.75, 3.05) is 32.1 Å². The number of fused-ring (bicyclic) bond motifs is 2. The molecule has 1 aromatic carbocycles. The molecule has 1 aliphatic carbocycles. The number of rotatable bonds is 5. The Balaban J connectivity index is 1.34. The highest BCUT2D eigenvalue weighted by molar-refractivity contribution is 5.98. The number of likely N-dealkylation sites (N-methyl/N-ethyl adjacent to an activating group) is 1. The van der Waals surface area contributed by atoms with Gasteiger partial charge in [-0.2, -0.15) is 5.10 Å². The molecule has 1 amide bonds. The van der Waals surface area contributed by atoms with Crippen LogP contribution >= 0.6 is 0 Å². The number of benzene rings is 1. The summed E-state index contributed by atoms with van der Waals surface area (Å²) in [6, 6.07) is 8.20. The van der Waals surface area contributed by atoms with E-state index in [0.717, 1.165) is 66.8 Å². The smallest absolute Gasteiger partial charge is 0.243 e. The maximum atomic E-state index is 13.3. The number of amides is 1. The lowest BCUT2D eigenvalue weighted by Gasteiger charge is -2.36. The van der Waals surface area contributed by atoms with Crippen LogP contribution < -0.4 is 4.90 Å². The van der Waals surface area contributed by atoms with Gasteiger partial charge in [-0.15, -0.1) is 0 Å². The lowest BCUT2D eigenvalue weighted by Crippen LogP contribution is -2.49. The number of H-pyrrole nitrogens is 2. The number of piperidine rings is 1. The van der Waals surface area contributed by atoms with Gasteiger partial charge in [0.25, 0.3) is 0 Å². The first kappa shape index (κ1) is 23.1. The van der Waals surface area contributed by atoms with Gasteiger partial charge in [0.05, 0.1) is 17.8 Å². The number of aromatic nitrogens is 3. The molecule has 2 aromatic heterocycles. The van der Waals surface area contributed by atoms with Crippen molar-refractivity contribution in [3.05, 3.63) is 35.5 Å². The number of hydrogen-bond donors (Lipinski definition) is 2. The summed E-state index contributed by atoms with van der Waals surface area (Å²) in [6.07, 6.45) is 5.52. The highest BCUT2D eigenvalue weighted by Crippen LogP contribution is 2.38. The van der Waals surface area contributed by atoms with E-state index in [1.54, 1.807) is 12.0 Å². The van der Waals surface area contributed by atoms with Crippen molar-refractivity contribution in [1.29, 1.82) is 0 Å². The number of likely N-dealkylation sites (tertiary alicyclic amines) is 1. The van der Waals surface area contributed by atoms with Crippen LogP contribution in [0.15, 0.2) is 24.3 Å². The number of anilines is 1. The molecule has 0 saturated carbocycles. The monoisotopic (exact) mass is 463 g/mol. The van der Waals surface area contributed by atoms with E-state index in [0.29, 0.717) is 11.5 Å². The Labute approximate surface area is 201 Å². The summed E-state index contributed by atoms with van der Waals surface area (Å²) in [5.41, 5.74) is 6.90. The number of carbonyl (C=O) groups is 1. The molecule has 5 rings (SSSR count). The van der Waals surface area contributed by atoms with E-state index < -0.39 is 0 Å². The number of methoxy groups -OCH3 is 1. The molecule has 1 unspecified atom stereocenters. The van der Waals surface area contributed by atoms with Crippen molar-refractivity contribution in [2.45, 2.75) is 65.0 Å². The second-order valence-electron chi connectivity index (χ2n) is 10.9. The minimum atomic E-state index is -0.155. The molecule has 0 radical (unpaired) electrons. The van der Waals surface area contributed by atoms with E-state index in [9.17, 15) is 4.79 Å². The normalized spacial score (nSPS) is 19.8. The third-order valence-corrected chi connectivity index (χ3v) is 7.95. The molecule has 7 heteroatoms. The van der Waals surface area contributed by atoms with Gasteiger partial charge in [-0.25, -0.2) is 0 Å². The highest BCUT2D eigenvalue weighted by Gasteiger charge is 2.30. The molecule has 2 N–H and O–H groups in total. The largest absolute Gasteiger partial charge is 0.381 e. The van der Waals surface area contributed by atoms with Gasteiger partial charge in [-0.3, -0.25) is 14.8 Å². The minimum Gasteiger partial charge on any atom is -0.381 e. The molecule has 182 valence electrons. The molecule has 3 aromatic rings. The Hall–Kier alpha value is -2.64. The van der Waals surface area contributed by atoms with E-state index in [-0.39, 0.29) is 11.9 Å². The van der Waals surface area contributed by atoms with Crippen molar-refractivity contribution in [3.63, 3.8) is 0 Å². The predicted molar refractivity (Wildman–Crippen MR) is 136 cm³/mol. The molecule has 7 nitrogen and oxygen atoms in total. The standard InChI is InChI=1S/C27H37N5O2/c1-17(32-12-9-20(34-5)10-13-32)26(33)31(4)19-7-6-18-14-23(28-22(18)15-19)25-21-8-11-27(2,3)16-24(21)29-30-25/h6-7,14-15,17,20,28H,8-13,16H2,1-5H3,(H,29,30). The van der Waals surface area contributed by atoms with Crippen LogP contribution in [0.3, 0.4) is 0 Å². The summed E-state index contributed by atoms with van der Waals surface area (Å²) in [5, 5.41) is 9.08. The second kappa shape index (κ2) is 8.86. The number of aromatic amines is 2. The highest BCUT2D eigenvalue weighted by atomic mass is 16.5. The average Bonchev–Trinajstić information content (AvgIpc) is 3.44. The maximum Gasteiger partial charge on any atom is 0.243 e. The van der Waals surface area contributed by atoms with Crippen LogP contribution in [0.2, 0.25) is 0 Å². The van der Waals surface area contributed by atoms with Gasteiger partial charge in [0.15, 0.2) is 0 Å². The molecular weight excluding hydrogens is 426 g/mol. The second-order valence-corrected chi connectivity index (χ2v) is 10.9. The predicted octanol–water partition coefficient (Wildman–Crippen LogP) is 4.54. The summed E-state index contributed by atoms with van der Waals surface area (Å²) >= 11 is 0. The van der Waals surface area contributed by atoms with Gasteiger partial charge < -0.3 is 14.6 Å². The van der Waals surface area contributed by atoms with E-state index in [1.807, 2.05) is 20.0 Å². The molecule has 0 bridgehead atoms. The Morgan fingerprint density at radius 3 is 2.76 bits per heavy atom. The molecule has 3 heterocycles. The lowest BCUT2D eigenvalue weighted by molar-refractivity contribution is -0.124. The van der Waals surface area contributed by atoms with E-state index in [4.69, 9.17) is 4.74 Å². The van der Waals surface area contributed by atoms with Crippen molar-refractivity contribution < 1.29 is 9.53 Å². The SMILES string of the molecule is COC1CCN(C(C)C(=O)N(C)c2ccc3cc(-c4n[nH]c5c4CCC(C)(C)C5)[nH]c3c2)CC1. The fourth-order valence-electron chi connectivity index (χ4n) is 5.58. The summed E-state index contributed by atoms with van der Waals surface area (Å²) in [4.78, 5) is 20.9. The Morgan fingerprint density at radius 1 is 1.26 bits per heavy atom. The van der Waals surface area contributed by atoms with Gasteiger partial charge in [0, 0.05) is 55.1 Å². The Bertz CT molecular complexity index is 1190. The van der Waals surface area contributed by atoms with Gasteiger partial charge in [0.1, 0.15) is 5.69 Å². The van der Waals surface area contributed by atoms with Gasteiger partial charge >= 0.3 is 0 Å². The van der Waals surface area contributed by atoms with Crippen LogP contribution in [0, 0.1) is 5.41 Å². The third-order valence-electron chi connectivity index (χ3n) is 7.95. The summed E-state index contributed by atoms with van der Waals surface area (Å²) < 4.78 is 5.47. The quantitative estimate of drug-likeness (QED) is 0.583. The molecular formula is C27H37N5O2. The van der Waals surface area contributed by atoms with E-state index >= 15 is 0 Å². The maximum absolute atomic E-state index is 13.3. The number of ether oxygens (including phenoxy) is 1. The molecule has 2 aliphatic rings. The Morgan fingerprint density at radius 2 is 2.03 bits per heavy atom. The van der Waals surface area contributed by atoms with Crippen molar-refractivity contribution in [2.24, 2.45) is 5.41 Å². The lowest BCUT2D eigenvalue weighted by atomic mass is 9.76. The molecule has 0 spiro atoms. The fraction of sp³-hybridized carbons (Fsp3) is 0.556. The zero-order chi connectivity index (χ0) is 24.0. The third kappa shape index (κ3) is 4.27. The molecule has 1 aliphatic heterocycles. The minimum absolute atomic E-state index is 0.117. The van der Waals surface area contributed by atoms with Gasteiger partial charge in [-0.05, 0) is 62.6 Å². The number of carbonyl (C=O) groups excluding carboxylic acids is 1. The van der Waals surface area contributed by atoms with Crippen LogP contribution in [0.25, 0.3) is 22.3 Å². The number of nitrogens with zero attached hydrogens (tertiary/aromatic N) is 3. The fourth-order valence-corrected chi connectivity index (χ4v) is 5.58. The summed E-state index contributed by atoms with van der Waals surface area (Å²) in [6.45, 7) is 8.44. The molecule has 34 heavy (non-hydrogen) atoms. The summed E-state index contributed by atoms with van der Waals surface area (Å²) in [7, 11) is 3.64. The number of nitrogens with one attached hydrogen (secondary N) is 2. The van der Waals surface area contributed by atoms with Crippen LogP contribution in [0.5, 0.6) is 0 Å². The molecule has 1 saturated heterocycles. The number of hydrogen-bond acceptors (Lipinski definition) is 4. The van der Waals surface area contributed by atoms with Crippen LogP contribution in [0.1, 0.15) is 51.3 Å².